The first-order chi connectivity index (χ1) is 19.3. The fourth-order valence-corrected chi connectivity index (χ4v) is 11.1. The molecule has 1 fully saturated rings. The Morgan fingerprint density at radius 1 is 1.15 bits per heavy atom. The Bertz CT molecular complexity index is 1620. The number of aromatic amines is 1. The molecule has 0 radical (unpaired) electrons. The van der Waals surface area contributed by atoms with Crippen molar-refractivity contribution >= 4 is 40.9 Å². The van der Waals surface area contributed by atoms with Crippen LogP contribution in [0.1, 0.15) is 64.9 Å². The monoisotopic (exact) mass is 633 g/mol. The van der Waals surface area contributed by atoms with Gasteiger partial charge in [-0.05, 0) is 88.9 Å². The van der Waals surface area contributed by atoms with Gasteiger partial charge in [-0.1, -0.05) is 41.1 Å². The lowest BCUT2D eigenvalue weighted by Crippen LogP contribution is -2.30. The molecule has 216 valence electrons. The molecule has 2 aliphatic rings. The van der Waals surface area contributed by atoms with Gasteiger partial charge in [0.1, 0.15) is 17.2 Å². The predicted octanol–water partition coefficient (Wildman–Crippen LogP) is 9.31. The third-order valence-corrected chi connectivity index (χ3v) is 12.2. The second kappa shape index (κ2) is 10.5. The van der Waals surface area contributed by atoms with Crippen LogP contribution < -0.4 is 4.74 Å². The molecule has 0 aliphatic carbocycles. The zero-order chi connectivity index (χ0) is 29.1. The molecule has 1 N–H and O–H groups in total. The van der Waals surface area contributed by atoms with E-state index >= 15 is 0 Å². The van der Waals surface area contributed by atoms with E-state index in [9.17, 15) is 4.79 Å². The number of benzene rings is 2. The van der Waals surface area contributed by atoms with Crippen molar-refractivity contribution in [3.63, 3.8) is 0 Å². The van der Waals surface area contributed by atoms with Crippen molar-refractivity contribution in [2.75, 3.05) is 0 Å². The number of esters is 1. The van der Waals surface area contributed by atoms with E-state index in [4.69, 9.17) is 14.5 Å². The quantitative estimate of drug-likeness (QED) is 0.179. The first-order valence-corrected chi connectivity index (χ1v) is 18.9. The fourth-order valence-electron chi connectivity index (χ4n) is 6.93. The second-order valence-electron chi connectivity index (χ2n) is 13.7. The van der Waals surface area contributed by atoms with Gasteiger partial charge in [0, 0.05) is 41.4 Å². The summed E-state index contributed by atoms with van der Waals surface area (Å²) in [5, 5.41) is 1.20. The molecule has 6 nitrogen and oxygen atoms in total. The third-order valence-electron chi connectivity index (χ3n) is 8.45. The predicted molar refractivity (Wildman–Crippen MR) is 171 cm³/mol. The number of fused-ring (bicyclic) bond motifs is 5. The van der Waals surface area contributed by atoms with Crippen LogP contribution in [-0.2, 0) is 9.53 Å². The number of H-pyrrole nitrogens is 1. The van der Waals surface area contributed by atoms with Crippen LogP contribution in [0.5, 0.6) is 5.75 Å². The maximum absolute atomic E-state index is 12.6. The summed E-state index contributed by atoms with van der Waals surface area (Å²) >= 11 is 3.60. The molecule has 0 spiro atoms. The molecule has 8 heteroatoms. The van der Waals surface area contributed by atoms with Gasteiger partial charge >= 0.3 is 5.97 Å². The summed E-state index contributed by atoms with van der Waals surface area (Å²) in [4.78, 5) is 21.1. The average molecular weight is 635 g/mol. The van der Waals surface area contributed by atoms with Gasteiger partial charge in [0.05, 0.1) is 23.1 Å². The third kappa shape index (κ3) is 5.91. The van der Waals surface area contributed by atoms with Crippen molar-refractivity contribution in [2.45, 2.75) is 89.9 Å². The van der Waals surface area contributed by atoms with Gasteiger partial charge in [-0.25, -0.2) is 4.98 Å². The maximum atomic E-state index is 12.6. The molecule has 0 saturated carbocycles. The van der Waals surface area contributed by atoms with E-state index in [1.54, 1.807) is 0 Å². The number of carbonyl (C=O) groups excluding carboxylic acids is 1. The largest absolute Gasteiger partial charge is 0.470 e. The van der Waals surface area contributed by atoms with Gasteiger partial charge in [-0.3, -0.25) is 4.79 Å². The molecule has 6 rings (SSSR count). The SMILES string of the molecule is CC1Oc2cc(-c3cnc(C4CCC(CC(=O)OC(C)(C)C)C[Si](C)(C)C4)[nH]3)ccc2-c2cc3cc(Br)ccc3n21. The van der Waals surface area contributed by atoms with Crippen molar-refractivity contribution in [3.05, 3.63) is 59.0 Å². The summed E-state index contributed by atoms with van der Waals surface area (Å²) in [7, 11) is -1.52. The Labute approximate surface area is 252 Å². The van der Waals surface area contributed by atoms with Crippen molar-refractivity contribution in [1.82, 2.24) is 14.5 Å². The lowest BCUT2D eigenvalue weighted by atomic mass is 9.95. The molecular weight excluding hydrogens is 594 g/mol. The van der Waals surface area contributed by atoms with E-state index in [2.05, 4.69) is 88.0 Å². The molecule has 2 aliphatic heterocycles. The second-order valence-corrected chi connectivity index (χ2v) is 19.8. The average Bonchev–Trinajstić information content (AvgIpc) is 3.46. The van der Waals surface area contributed by atoms with Crippen molar-refractivity contribution in [2.24, 2.45) is 5.92 Å². The van der Waals surface area contributed by atoms with Crippen LogP contribution in [0.2, 0.25) is 25.2 Å². The van der Waals surface area contributed by atoms with Crippen LogP contribution in [0, 0.1) is 5.92 Å². The molecule has 0 amide bonds. The van der Waals surface area contributed by atoms with Crippen LogP contribution in [0.4, 0.5) is 0 Å². The number of ether oxygens (including phenoxy) is 2. The van der Waals surface area contributed by atoms with Crippen molar-refractivity contribution in [3.8, 4) is 28.3 Å². The molecule has 2 aromatic carbocycles. The number of imidazole rings is 1. The standard InChI is InChI=1S/C33H40BrN3O3Si/c1-20-37-28-12-10-25(34)14-24(28)15-29(37)26-11-9-22(16-30(26)39-20)27-17-35-32(36-27)23-8-7-21(18-41(5,6)19-23)13-31(38)40-33(2,3)4/h9-12,14-17,20-21,23H,7-8,13,18-19H2,1-6H3,(H,35,36). The zero-order valence-electron chi connectivity index (χ0n) is 24.9. The minimum Gasteiger partial charge on any atom is -0.470 e. The van der Waals surface area contributed by atoms with Gasteiger partial charge < -0.3 is 19.0 Å². The van der Waals surface area contributed by atoms with E-state index in [0.29, 0.717) is 18.3 Å². The molecule has 0 bridgehead atoms. The number of hydrogen-bond donors (Lipinski definition) is 1. The number of aromatic nitrogens is 3. The molecule has 2 aromatic heterocycles. The summed E-state index contributed by atoms with van der Waals surface area (Å²) in [6.07, 6.45) is 4.47. The number of nitrogens with one attached hydrogen (secondary N) is 1. The lowest BCUT2D eigenvalue weighted by molar-refractivity contribution is -0.155. The number of halogens is 1. The summed E-state index contributed by atoms with van der Waals surface area (Å²) in [5.41, 5.74) is 5.11. The Balaban J connectivity index is 1.22. The van der Waals surface area contributed by atoms with Crippen LogP contribution in [-0.4, -0.2) is 34.2 Å². The summed E-state index contributed by atoms with van der Waals surface area (Å²) in [5.74, 6) is 2.67. The van der Waals surface area contributed by atoms with Crippen LogP contribution in [0.25, 0.3) is 33.4 Å². The van der Waals surface area contributed by atoms with Gasteiger partial charge in [0.15, 0.2) is 6.23 Å². The Morgan fingerprint density at radius 2 is 1.95 bits per heavy atom. The van der Waals surface area contributed by atoms with E-state index in [1.807, 2.05) is 27.0 Å². The number of hydrogen-bond acceptors (Lipinski definition) is 4. The Kier molecular flexibility index (Phi) is 7.21. The number of nitrogens with zero attached hydrogens (tertiary/aromatic N) is 2. The normalized spacial score (nSPS) is 22.0. The molecule has 3 atom stereocenters. The Hall–Kier alpha value is -2.84. The summed E-state index contributed by atoms with van der Waals surface area (Å²) in [6, 6.07) is 17.4. The zero-order valence-corrected chi connectivity index (χ0v) is 27.5. The van der Waals surface area contributed by atoms with Gasteiger partial charge in [-0.2, -0.15) is 0 Å². The maximum Gasteiger partial charge on any atom is 0.306 e. The van der Waals surface area contributed by atoms with E-state index < -0.39 is 13.7 Å². The highest BCUT2D eigenvalue weighted by atomic mass is 79.9. The van der Waals surface area contributed by atoms with Gasteiger partial charge in [-0.15, -0.1) is 0 Å². The highest BCUT2D eigenvalue weighted by Crippen LogP contribution is 2.45. The molecular formula is C33H40BrN3O3Si. The number of rotatable bonds is 4. The molecule has 1 saturated heterocycles. The van der Waals surface area contributed by atoms with Crippen molar-refractivity contribution in [1.29, 1.82) is 0 Å². The first kappa shape index (κ1) is 28.3. The molecule has 4 heterocycles. The topological polar surface area (TPSA) is 69.1 Å². The minimum atomic E-state index is -1.52. The molecule has 3 unspecified atom stereocenters. The van der Waals surface area contributed by atoms with Gasteiger partial charge in [0.25, 0.3) is 0 Å². The fraction of sp³-hybridized carbons (Fsp3) is 0.455. The van der Waals surface area contributed by atoms with Crippen LogP contribution in [0.3, 0.4) is 0 Å². The van der Waals surface area contributed by atoms with Crippen LogP contribution >= 0.6 is 15.9 Å². The highest BCUT2D eigenvalue weighted by molar-refractivity contribution is 9.10. The minimum absolute atomic E-state index is 0.0665. The molecule has 41 heavy (non-hydrogen) atoms. The van der Waals surface area contributed by atoms with E-state index in [1.165, 1.54) is 22.6 Å². The van der Waals surface area contributed by atoms with E-state index in [-0.39, 0.29) is 12.2 Å². The van der Waals surface area contributed by atoms with Crippen molar-refractivity contribution < 1.29 is 14.3 Å². The van der Waals surface area contributed by atoms with Crippen LogP contribution in [0.15, 0.2) is 53.1 Å². The summed E-state index contributed by atoms with van der Waals surface area (Å²) < 4.78 is 15.4. The van der Waals surface area contributed by atoms with Gasteiger partial charge in [0.2, 0.25) is 0 Å². The molecule has 4 aromatic rings. The smallest absolute Gasteiger partial charge is 0.306 e. The highest BCUT2D eigenvalue weighted by Gasteiger charge is 2.36. The first-order valence-electron chi connectivity index (χ1n) is 14.7. The Morgan fingerprint density at radius 3 is 2.73 bits per heavy atom. The summed E-state index contributed by atoms with van der Waals surface area (Å²) in [6.45, 7) is 12.8. The van der Waals surface area contributed by atoms with E-state index in [0.717, 1.165) is 51.8 Å². The lowest BCUT2D eigenvalue weighted by Gasteiger charge is -2.27. The number of carbonyl (C=O) groups is 1.